The Hall–Kier alpha value is -0.740. The fourth-order valence-corrected chi connectivity index (χ4v) is 1.54. The van der Waals surface area contributed by atoms with E-state index in [0.29, 0.717) is 12.8 Å². The minimum atomic E-state index is -2.93. The second-order valence-corrected chi connectivity index (χ2v) is 4.37. The molecule has 2 N–H and O–H groups in total. The van der Waals surface area contributed by atoms with Crippen molar-refractivity contribution in [2.45, 2.75) is 38.2 Å². The number of alkyl halides is 2. The van der Waals surface area contributed by atoms with Crippen LogP contribution in [-0.2, 0) is 5.92 Å². The number of hydrogen-bond acceptors (Lipinski definition) is 2. The lowest BCUT2D eigenvalue weighted by molar-refractivity contribution is -0.0203. The first kappa shape index (κ1) is 13.3. The average molecular weight is 249 g/mol. The van der Waals surface area contributed by atoms with Crippen molar-refractivity contribution in [2.75, 3.05) is 0 Å². The van der Waals surface area contributed by atoms with Crippen molar-refractivity contribution in [2.24, 2.45) is 5.73 Å². The first-order valence-electron chi connectivity index (χ1n) is 5.17. The topological polar surface area (TPSA) is 38.9 Å². The van der Waals surface area contributed by atoms with Crippen molar-refractivity contribution in [1.29, 1.82) is 0 Å². The molecule has 5 heteroatoms. The number of hydrogen-bond donors (Lipinski definition) is 1. The highest BCUT2D eigenvalue weighted by Gasteiger charge is 2.32. The number of pyridine rings is 1. The maximum Gasteiger partial charge on any atom is 0.289 e. The van der Waals surface area contributed by atoms with Gasteiger partial charge in [0.2, 0.25) is 0 Å². The number of rotatable bonds is 5. The summed E-state index contributed by atoms with van der Waals surface area (Å²) in [5.41, 5.74) is 5.23. The van der Waals surface area contributed by atoms with Gasteiger partial charge in [0.15, 0.2) is 0 Å². The molecule has 1 aromatic heterocycles. The third kappa shape index (κ3) is 4.02. The molecule has 0 unspecified atom stereocenters. The number of halogens is 3. The number of nitrogens with two attached hydrogens (primary N) is 1. The minimum Gasteiger partial charge on any atom is -0.328 e. The molecular weight excluding hydrogens is 234 g/mol. The summed E-state index contributed by atoms with van der Waals surface area (Å²) in [4.78, 5) is 3.64. The summed E-state index contributed by atoms with van der Waals surface area (Å²) in [6.07, 6.45) is 1.99. The average Bonchev–Trinajstić information content (AvgIpc) is 2.16. The van der Waals surface area contributed by atoms with Crippen LogP contribution in [0.15, 0.2) is 18.3 Å². The molecule has 16 heavy (non-hydrogen) atoms. The summed E-state index contributed by atoms with van der Waals surface area (Å²) in [5.74, 6) is -2.93. The molecule has 0 aliphatic carbocycles. The van der Waals surface area contributed by atoms with Crippen molar-refractivity contribution in [3.8, 4) is 0 Å². The van der Waals surface area contributed by atoms with Crippen LogP contribution in [-0.4, -0.2) is 11.0 Å². The van der Waals surface area contributed by atoms with Crippen LogP contribution in [0.5, 0.6) is 0 Å². The lowest BCUT2D eigenvalue weighted by Gasteiger charge is -2.16. The normalized spacial score (nSPS) is 13.8. The molecule has 1 rings (SSSR count). The Labute approximate surface area is 98.8 Å². The molecule has 1 aromatic rings. The predicted octanol–water partition coefficient (Wildman–Crippen LogP) is 3.34. The van der Waals surface area contributed by atoms with Gasteiger partial charge in [-0.05, 0) is 31.9 Å². The van der Waals surface area contributed by atoms with Gasteiger partial charge in [0.1, 0.15) is 5.69 Å². The predicted molar refractivity (Wildman–Crippen MR) is 60.6 cm³/mol. The summed E-state index contributed by atoms with van der Waals surface area (Å²) < 4.78 is 27.2. The highest BCUT2D eigenvalue weighted by molar-refractivity contribution is 6.30. The lowest BCUT2D eigenvalue weighted by atomic mass is 10.1. The van der Waals surface area contributed by atoms with E-state index in [-0.39, 0.29) is 23.2 Å². The molecule has 0 spiro atoms. The van der Waals surface area contributed by atoms with Crippen LogP contribution >= 0.6 is 11.6 Å². The molecule has 0 saturated heterocycles. The van der Waals surface area contributed by atoms with Gasteiger partial charge >= 0.3 is 0 Å². The fourth-order valence-electron chi connectivity index (χ4n) is 1.38. The Balaban J connectivity index is 2.62. The van der Waals surface area contributed by atoms with E-state index in [1.165, 1.54) is 18.3 Å². The number of aromatic nitrogens is 1. The number of nitrogens with zero attached hydrogens (tertiary/aromatic N) is 1. The molecule has 1 atom stereocenters. The van der Waals surface area contributed by atoms with E-state index in [1.54, 1.807) is 6.92 Å². The highest BCUT2D eigenvalue weighted by Crippen LogP contribution is 2.33. The quantitative estimate of drug-likeness (QED) is 0.868. The van der Waals surface area contributed by atoms with E-state index >= 15 is 0 Å². The van der Waals surface area contributed by atoms with Gasteiger partial charge in [0, 0.05) is 23.7 Å². The van der Waals surface area contributed by atoms with Crippen LogP contribution in [0.2, 0.25) is 5.02 Å². The SMILES string of the molecule is C[C@H](N)CCCC(F)(F)c1cc(Cl)ccn1. The summed E-state index contributed by atoms with van der Waals surface area (Å²) in [6.45, 7) is 1.80. The van der Waals surface area contributed by atoms with Crippen LogP contribution in [0.3, 0.4) is 0 Å². The summed E-state index contributed by atoms with van der Waals surface area (Å²) >= 11 is 5.64. The molecule has 0 fully saturated rings. The van der Waals surface area contributed by atoms with Gasteiger partial charge in [0.05, 0.1) is 0 Å². The zero-order valence-electron chi connectivity index (χ0n) is 9.09. The molecule has 0 aliphatic heterocycles. The summed E-state index contributed by atoms with van der Waals surface area (Å²) in [5, 5.41) is 0.275. The molecule has 0 amide bonds. The monoisotopic (exact) mass is 248 g/mol. The third-order valence-electron chi connectivity index (χ3n) is 2.25. The summed E-state index contributed by atoms with van der Waals surface area (Å²) in [6, 6.07) is 2.62. The van der Waals surface area contributed by atoms with Crippen LogP contribution in [0.25, 0.3) is 0 Å². The molecule has 90 valence electrons. The molecule has 1 heterocycles. The molecule has 0 aliphatic rings. The van der Waals surface area contributed by atoms with Gasteiger partial charge in [-0.15, -0.1) is 0 Å². The molecule has 0 bridgehead atoms. The highest BCUT2D eigenvalue weighted by atomic mass is 35.5. The van der Waals surface area contributed by atoms with Crippen molar-refractivity contribution in [1.82, 2.24) is 4.98 Å². The maximum atomic E-state index is 13.6. The van der Waals surface area contributed by atoms with Crippen molar-refractivity contribution in [3.05, 3.63) is 29.0 Å². The first-order chi connectivity index (χ1) is 7.42. The minimum absolute atomic E-state index is 0.0527. The maximum absolute atomic E-state index is 13.6. The Morgan fingerprint density at radius 2 is 2.25 bits per heavy atom. The van der Waals surface area contributed by atoms with Crippen LogP contribution in [0.4, 0.5) is 8.78 Å². The van der Waals surface area contributed by atoms with Gasteiger partial charge in [-0.3, -0.25) is 4.98 Å². The lowest BCUT2D eigenvalue weighted by Crippen LogP contribution is -2.18. The smallest absolute Gasteiger partial charge is 0.289 e. The van der Waals surface area contributed by atoms with Crippen LogP contribution in [0, 0.1) is 0 Å². The van der Waals surface area contributed by atoms with Gasteiger partial charge in [0.25, 0.3) is 5.92 Å². The third-order valence-corrected chi connectivity index (χ3v) is 2.48. The molecule has 0 aromatic carbocycles. The van der Waals surface area contributed by atoms with E-state index in [0.717, 1.165) is 0 Å². The van der Waals surface area contributed by atoms with Crippen LogP contribution < -0.4 is 5.73 Å². The van der Waals surface area contributed by atoms with Crippen molar-refractivity contribution in [3.63, 3.8) is 0 Å². The zero-order valence-corrected chi connectivity index (χ0v) is 9.85. The van der Waals surface area contributed by atoms with E-state index in [1.807, 2.05) is 0 Å². The Morgan fingerprint density at radius 1 is 1.56 bits per heavy atom. The second kappa shape index (κ2) is 5.55. The van der Waals surface area contributed by atoms with Gasteiger partial charge < -0.3 is 5.73 Å². The molecular formula is C11H15ClF2N2. The van der Waals surface area contributed by atoms with Gasteiger partial charge in [-0.1, -0.05) is 11.6 Å². The van der Waals surface area contributed by atoms with E-state index in [4.69, 9.17) is 17.3 Å². The standard InChI is InChI=1S/C11H15ClF2N2/c1-8(15)3-2-5-11(13,14)10-7-9(12)4-6-16-10/h4,6-8H,2-3,5,15H2,1H3/t8-/m0/s1. The first-order valence-corrected chi connectivity index (χ1v) is 5.55. The second-order valence-electron chi connectivity index (χ2n) is 3.93. The van der Waals surface area contributed by atoms with E-state index < -0.39 is 5.92 Å². The molecule has 0 radical (unpaired) electrons. The van der Waals surface area contributed by atoms with Gasteiger partial charge in [-0.2, -0.15) is 8.78 Å². The fraction of sp³-hybridized carbons (Fsp3) is 0.545. The zero-order chi connectivity index (χ0) is 12.2. The van der Waals surface area contributed by atoms with Gasteiger partial charge in [-0.25, -0.2) is 0 Å². The molecule has 0 saturated carbocycles. The summed E-state index contributed by atoms with van der Waals surface area (Å²) in [7, 11) is 0. The Morgan fingerprint density at radius 3 is 2.81 bits per heavy atom. The van der Waals surface area contributed by atoms with Crippen molar-refractivity contribution >= 4 is 11.6 Å². The Bertz CT molecular complexity index is 343. The Kier molecular flexibility index (Phi) is 4.62. The van der Waals surface area contributed by atoms with Crippen LogP contribution in [0.1, 0.15) is 31.9 Å². The molecule has 2 nitrogen and oxygen atoms in total. The van der Waals surface area contributed by atoms with Crippen molar-refractivity contribution < 1.29 is 8.78 Å². The van der Waals surface area contributed by atoms with E-state index in [9.17, 15) is 8.78 Å². The largest absolute Gasteiger partial charge is 0.328 e. The van der Waals surface area contributed by atoms with E-state index in [2.05, 4.69) is 4.98 Å².